The van der Waals surface area contributed by atoms with Crippen LogP contribution in [0.4, 0.5) is 8.78 Å². The van der Waals surface area contributed by atoms with Crippen LogP contribution in [0.2, 0.25) is 0 Å². The van der Waals surface area contributed by atoms with Crippen molar-refractivity contribution in [3.05, 3.63) is 47.5 Å². The first kappa shape index (κ1) is 19.1. The van der Waals surface area contributed by atoms with Gasteiger partial charge in [-0.2, -0.15) is 5.26 Å². The summed E-state index contributed by atoms with van der Waals surface area (Å²) in [4.78, 5) is 0. The van der Waals surface area contributed by atoms with E-state index in [9.17, 15) is 8.78 Å². The predicted octanol–water partition coefficient (Wildman–Crippen LogP) is 6.90. The fourth-order valence-electron chi connectivity index (χ4n) is 4.87. The Kier molecular flexibility index (Phi) is 6.83. The third kappa shape index (κ3) is 5.16. The van der Waals surface area contributed by atoms with Gasteiger partial charge >= 0.3 is 0 Å². The minimum atomic E-state index is -0.750. The lowest BCUT2D eigenvalue weighted by Crippen LogP contribution is -2.17. The van der Waals surface area contributed by atoms with E-state index < -0.39 is 11.6 Å². The van der Waals surface area contributed by atoms with E-state index in [1.165, 1.54) is 63.5 Å². The molecule has 0 saturated heterocycles. The van der Waals surface area contributed by atoms with Gasteiger partial charge in [-0.05, 0) is 92.7 Å². The molecule has 0 radical (unpaired) electrons. The van der Waals surface area contributed by atoms with E-state index in [-0.39, 0.29) is 0 Å². The molecule has 140 valence electrons. The summed E-state index contributed by atoms with van der Waals surface area (Å²) in [5.74, 6) is 1.18. The van der Waals surface area contributed by atoms with Crippen LogP contribution in [0.1, 0.15) is 75.7 Å². The molecule has 2 fully saturated rings. The third-order valence-electron chi connectivity index (χ3n) is 6.58. The van der Waals surface area contributed by atoms with Gasteiger partial charge < -0.3 is 0 Å². The molecular weight excluding hydrogens is 328 g/mol. The molecule has 2 aliphatic carbocycles. The van der Waals surface area contributed by atoms with Crippen molar-refractivity contribution in [1.82, 2.24) is 0 Å². The Morgan fingerprint density at radius 3 is 2.08 bits per heavy atom. The Balaban J connectivity index is 1.38. The summed E-state index contributed by atoms with van der Waals surface area (Å²) >= 11 is 0. The fraction of sp³-hybridized carbons (Fsp3) is 0.609. The average molecular weight is 357 g/mol. The van der Waals surface area contributed by atoms with Crippen molar-refractivity contribution in [3.63, 3.8) is 0 Å². The van der Waals surface area contributed by atoms with Crippen molar-refractivity contribution in [2.75, 3.05) is 0 Å². The molecule has 1 aromatic rings. The van der Waals surface area contributed by atoms with E-state index in [0.717, 1.165) is 30.2 Å². The molecule has 0 aliphatic heterocycles. The number of rotatable bonds is 5. The van der Waals surface area contributed by atoms with Crippen molar-refractivity contribution in [2.45, 2.75) is 70.1 Å². The van der Waals surface area contributed by atoms with Crippen LogP contribution in [0.5, 0.6) is 0 Å². The highest BCUT2D eigenvalue weighted by Crippen LogP contribution is 2.40. The first-order valence-electron chi connectivity index (χ1n) is 10.2. The van der Waals surface area contributed by atoms with Crippen LogP contribution in [0.15, 0.2) is 30.4 Å². The Morgan fingerprint density at radius 2 is 1.50 bits per heavy atom. The zero-order valence-electron chi connectivity index (χ0n) is 15.5. The highest BCUT2D eigenvalue weighted by atomic mass is 19.2. The molecule has 0 bridgehead atoms. The molecule has 0 spiro atoms. The maximum atomic E-state index is 13.4. The lowest BCUT2D eigenvalue weighted by Gasteiger charge is -2.31. The first-order valence-corrected chi connectivity index (χ1v) is 10.2. The van der Waals surface area contributed by atoms with Crippen molar-refractivity contribution in [3.8, 4) is 6.07 Å². The number of halogens is 2. The molecule has 1 nitrogen and oxygen atoms in total. The molecule has 2 aliphatic rings. The quantitative estimate of drug-likeness (QED) is 0.525. The van der Waals surface area contributed by atoms with E-state index in [1.807, 2.05) is 0 Å². The van der Waals surface area contributed by atoms with Crippen molar-refractivity contribution < 1.29 is 8.78 Å². The zero-order valence-corrected chi connectivity index (χ0v) is 15.5. The molecule has 0 aromatic heterocycles. The Hall–Kier alpha value is -1.69. The number of benzene rings is 1. The van der Waals surface area contributed by atoms with Crippen LogP contribution in [0.3, 0.4) is 0 Å². The highest BCUT2D eigenvalue weighted by molar-refractivity contribution is 5.22. The summed E-state index contributed by atoms with van der Waals surface area (Å²) in [5.41, 5.74) is 0.964. The van der Waals surface area contributed by atoms with Crippen LogP contribution < -0.4 is 0 Å². The van der Waals surface area contributed by atoms with Crippen LogP contribution in [-0.4, -0.2) is 0 Å². The molecule has 0 N–H and O–H groups in total. The van der Waals surface area contributed by atoms with Gasteiger partial charge in [-0.15, -0.1) is 0 Å². The zero-order chi connectivity index (χ0) is 18.4. The van der Waals surface area contributed by atoms with Crippen LogP contribution in [0, 0.1) is 40.7 Å². The minimum absolute atomic E-state index is 0.392. The molecule has 0 amide bonds. The summed E-state index contributed by atoms with van der Waals surface area (Å²) in [6.07, 6.45) is 16.0. The molecule has 3 heteroatoms. The van der Waals surface area contributed by atoms with Crippen molar-refractivity contribution >= 4 is 0 Å². The van der Waals surface area contributed by atoms with Crippen molar-refractivity contribution in [2.24, 2.45) is 17.8 Å². The second-order valence-electron chi connectivity index (χ2n) is 8.24. The Labute approximate surface area is 156 Å². The van der Waals surface area contributed by atoms with Gasteiger partial charge in [0.1, 0.15) is 0 Å². The number of hydrogen-bond acceptors (Lipinski definition) is 1. The topological polar surface area (TPSA) is 23.8 Å². The standard InChI is InChI=1S/C23H29F2N/c24-22-14-13-21(16-23(22)25)20-11-9-19(10-12-20)8-7-18-5-3-17(4-6-18)2-1-15-26/h1-2,13-14,16-20H,3-12H2/t17-,18-,19-,20-. The van der Waals surface area contributed by atoms with Crippen LogP contribution in [-0.2, 0) is 0 Å². The fourth-order valence-corrected chi connectivity index (χ4v) is 4.87. The SMILES string of the molecule is N#CC=C[C@H]1CC[C@H](CC[C@H]2CC[C@H](c3ccc(F)c(F)c3)CC2)CC1. The average Bonchev–Trinajstić information content (AvgIpc) is 2.68. The third-order valence-corrected chi connectivity index (χ3v) is 6.58. The number of hydrogen-bond donors (Lipinski definition) is 0. The maximum absolute atomic E-state index is 13.4. The van der Waals surface area contributed by atoms with E-state index in [1.54, 1.807) is 12.1 Å². The second-order valence-corrected chi connectivity index (χ2v) is 8.24. The number of nitriles is 1. The van der Waals surface area contributed by atoms with Gasteiger partial charge in [-0.1, -0.05) is 25.0 Å². The number of allylic oxidation sites excluding steroid dienone is 2. The van der Waals surface area contributed by atoms with E-state index >= 15 is 0 Å². The molecule has 26 heavy (non-hydrogen) atoms. The molecule has 0 unspecified atom stereocenters. The Bertz CT molecular complexity index is 645. The second kappa shape index (κ2) is 9.31. The first-order chi connectivity index (χ1) is 12.7. The van der Waals surface area contributed by atoms with Crippen LogP contribution in [0.25, 0.3) is 0 Å². The van der Waals surface area contributed by atoms with E-state index in [0.29, 0.717) is 11.8 Å². The largest absolute Gasteiger partial charge is 0.204 e. The molecular formula is C23H29F2N. The highest BCUT2D eigenvalue weighted by Gasteiger charge is 2.25. The molecule has 1 aromatic carbocycles. The Morgan fingerprint density at radius 1 is 0.885 bits per heavy atom. The minimum Gasteiger partial charge on any atom is -0.204 e. The smallest absolute Gasteiger partial charge is 0.159 e. The van der Waals surface area contributed by atoms with Gasteiger partial charge in [-0.25, -0.2) is 8.78 Å². The predicted molar refractivity (Wildman–Crippen MR) is 100 cm³/mol. The summed E-state index contributed by atoms with van der Waals surface area (Å²) in [6, 6.07) is 6.50. The number of nitrogens with zero attached hydrogens (tertiary/aromatic N) is 1. The lowest BCUT2D eigenvalue weighted by atomic mass is 9.74. The van der Waals surface area contributed by atoms with Gasteiger partial charge in [-0.3, -0.25) is 0 Å². The summed E-state index contributed by atoms with van der Waals surface area (Å²) in [5, 5.41) is 8.62. The van der Waals surface area contributed by atoms with Gasteiger partial charge in [0.05, 0.1) is 6.07 Å². The monoisotopic (exact) mass is 357 g/mol. The maximum Gasteiger partial charge on any atom is 0.159 e. The summed E-state index contributed by atoms with van der Waals surface area (Å²) < 4.78 is 26.5. The summed E-state index contributed by atoms with van der Waals surface area (Å²) in [7, 11) is 0. The molecule has 2 saturated carbocycles. The van der Waals surface area contributed by atoms with E-state index in [4.69, 9.17) is 5.26 Å². The normalized spacial score (nSPS) is 29.6. The molecule has 0 atom stereocenters. The van der Waals surface area contributed by atoms with Gasteiger partial charge in [0.25, 0.3) is 0 Å². The summed E-state index contributed by atoms with van der Waals surface area (Å²) in [6.45, 7) is 0. The molecule has 0 heterocycles. The molecule has 3 rings (SSSR count). The van der Waals surface area contributed by atoms with E-state index in [2.05, 4.69) is 12.1 Å². The van der Waals surface area contributed by atoms with Gasteiger partial charge in [0.2, 0.25) is 0 Å². The van der Waals surface area contributed by atoms with Crippen molar-refractivity contribution in [1.29, 1.82) is 5.26 Å². The van der Waals surface area contributed by atoms with Gasteiger partial charge in [0, 0.05) is 6.08 Å². The van der Waals surface area contributed by atoms with Crippen LogP contribution >= 0.6 is 0 Å². The van der Waals surface area contributed by atoms with Gasteiger partial charge in [0.15, 0.2) is 11.6 Å². The lowest BCUT2D eigenvalue weighted by molar-refractivity contribution is 0.246.